The summed E-state index contributed by atoms with van der Waals surface area (Å²) in [6.45, 7) is 4.59. The number of carbonyl (C=O) groups is 1. The molecule has 2 nitrogen and oxygen atoms in total. The van der Waals surface area contributed by atoms with Crippen LogP contribution in [0.1, 0.15) is 27.0 Å². The van der Waals surface area contributed by atoms with Crippen LogP contribution in [0.4, 0.5) is 0 Å². The second-order valence-corrected chi connectivity index (χ2v) is 5.53. The van der Waals surface area contributed by atoms with Crippen molar-refractivity contribution in [2.24, 2.45) is 0 Å². The predicted octanol–water partition coefficient (Wildman–Crippen LogP) is 4.00. The van der Waals surface area contributed by atoms with E-state index in [0.717, 1.165) is 15.6 Å². The average molecular weight is 318 g/mol. The maximum Gasteiger partial charge on any atom is 0.251 e. The Labute approximate surface area is 122 Å². The molecule has 0 unspecified atom stereocenters. The van der Waals surface area contributed by atoms with E-state index in [4.69, 9.17) is 0 Å². The Bertz CT molecular complexity index is 607. The zero-order valence-corrected chi connectivity index (χ0v) is 12.6. The second kappa shape index (κ2) is 6.02. The van der Waals surface area contributed by atoms with Gasteiger partial charge in [0.2, 0.25) is 0 Å². The summed E-state index contributed by atoms with van der Waals surface area (Å²) in [4.78, 5) is 12.0. The highest BCUT2D eigenvalue weighted by Crippen LogP contribution is 2.12. The van der Waals surface area contributed by atoms with Crippen LogP contribution in [0.25, 0.3) is 0 Å². The molecule has 0 aliphatic rings. The predicted molar refractivity (Wildman–Crippen MR) is 81.2 cm³/mol. The Kier molecular flexibility index (Phi) is 4.38. The quantitative estimate of drug-likeness (QED) is 0.911. The Hall–Kier alpha value is -1.61. The molecule has 1 N–H and O–H groups in total. The number of aryl methyl sites for hydroxylation is 2. The van der Waals surface area contributed by atoms with Gasteiger partial charge >= 0.3 is 0 Å². The summed E-state index contributed by atoms with van der Waals surface area (Å²) in [5.74, 6) is -0.0388. The van der Waals surface area contributed by atoms with E-state index in [1.165, 1.54) is 5.56 Å². The van der Waals surface area contributed by atoms with Crippen molar-refractivity contribution in [3.05, 3.63) is 69.2 Å². The first-order valence-corrected chi connectivity index (χ1v) is 6.95. The summed E-state index contributed by atoms with van der Waals surface area (Å²) in [5.41, 5.74) is 4.11. The Morgan fingerprint density at radius 3 is 2.58 bits per heavy atom. The number of benzene rings is 2. The van der Waals surface area contributed by atoms with Gasteiger partial charge in [0.25, 0.3) is 5.91 Å². The van der Waals surface area contributed by atoms with E-state index in [9.17, 15) is 4.79 Å². The number of halogens is 1. The molecule has 3 heteroatoms. The van der Waals surface area contributed by atoms with Gasteiger partial charge in [0, 0.05) is 16.6 Å². The van der Waals surface area contributed by atoms with Gasteiger partial charge in [0.15, 0.2) is 0 Å². The van der Waals surface area contributed by atoms with E-state index < -0.39 is 0 Å². The largest absolute Gasteiger partial charge is 0.348 e. The molecule has 0 aromatic heterocycles. The number of hydrogen-bond donors (Lipinski definition) is 1. The number of nitrogens with one attached hydrogen (secondary N) is 1. The molecule has 2 aromatic rings. The lowest BCUT2D eigenvalue weighted by atomic mass is 10.1. The minimum atomic E-state index is -0.0388. The molecule has 0 atom stereocenters. The monoisotopic (exact) mass is 317 g/mol. The van der Waals surface area contributed by atoms with E-state index >= 15 is 0 Å². The molecule has 0 bridgehead atoms. The van der Waals surface area contributed by atoms with E-state index in [0.29, 0.717) is 12.1 Å². The third-order valence-corrected chi connectivity index (χ3v) is 3.60. The smallest absolute Gasteiger partial charge is 0.251 e. The van der Waals surface area contributed by atoms with Gasteiger partial charge in [0.1, 0.15) is 0 Å². The zero-order valence-electron chi connectivity index (χ0n) is 11.0. The Morgan fingerprint density at radius 1 is 1.11 bits per heavy atom. The topological polar surface area (TPSA) is 29.1 Å². The van der Waals surface area contributed by atoms with Crippen LogP contribution >= 0.6 is 15.9 Å². The van der Waals surface area contributed by atoms with E-state index in [1.807, 2.05) is 56.3 Å². The average Bonchev–Trinajstić information content (AvgIpc) is 2.39. The fourth-order valence-corrected chi connectivity index (χ4v) is 2.26. The molecular weight excluding hydrogens is 302 g/mol. The van der Waals surface area contributed by atoms with E-state index in [1.54, 1.807) is 0 Å². The van der Waals surface area contributed by atoms with Crippen molar-refractivity contribution in [1.82, 2.24) is 5.32 Å². The van der Waals surface area contributed by atoms with Gasteiger partial charge in [0.05, 0.1) is 0 Å². The fourth-order valence-electron chi connectivity index (χ4n) is 1.81. The fraction of sp³-hybridized carbons (Fsp3) is 0.188. The summed E-state index contributed by atoms with van der Waals surface area (Å²) in [6, 6.07) is 13.7. The lowest BCUT2D eigenvalue weighted by Crippen LogP contribution is -2.22. The third kappa shape index (κ3) is 3.67. The van der Waals surface area contributed by atoms with Crippen LogP contribution in [0.5, 0.6) is 0 Å². The first-order valence-electron chi connectivity index (χ1n) is 6.16. The Morgan fingerprint density at radius 2 is 1.89 bits per heavy atom. The summed E-state index contributed by atoms with van der Waals surface area (Å²) in [5, 5.41) is 2.93. The minimum absolute atomic E-state index is 0.0388. The maximum absolute atomic E-state index is 12.0. The van der Waals surface area contributed by atoms with Crippen LogP contribution in [-0.2, 0) is 6.54 Å². The van der Waals surface area contributed by atoms with Gasteiger partial charge in [-0.05, 0) is 54.8 Å². The molecule has 1 amide bonds. The minimum Gasteiger partial charge on any atom is -0.348 e. The van der Waals surface area contributed by atoms with E-state index in [2.05, 4.69) is 21.2 Å². The molecule has 0 heterocycles. The summed E-state index contributed by atoms with van der Waals surface area (Å²) in [7, 11) is 0. The van der Waals surface area contributed by atoms with Crippen molar-refractivity contribution in [3.63, 3.8) is 0 Å². The Balaban J connectivity index is 2.03. The molecule has 0 spiro atoms. The summed E-state index contributed by atoms with van der Waals surface area (Å²) < 4.78 is 1.02. The van der Waals surface area contributed by atoms with Crippen molar-refractivity contribution in [2.75, 3.05) is 0 Å². The molecule has 0 radical (unpaired) electrons. The normalized spacial score (nSPS) is 10.3. The highest BCUT2D eigenvalue weighted by Gasteiger charge is 2.06. The van der Waals surface area contributed by atoms with Crippen molar-refractivity contribution < 1.29 is 4.79 Å². The van der Waals surface area contributed by atoms with Crippen molar-refractivity contribution in [2.45, 2.75) is 20.4 Å². The lowest BCUT2D eigenvalue weighted by Gasteiger charge is -2.07. The van der Waals surface area contributed by atoms with Crippen LogP contribution in [-0.4, -0.2) is 5.91 Å². The highest BCUT2D eigenvalue weighted by atomic mass is 79.9. The first kappa shape index (κ1) is 13.8. The van der Waals surface area contributed by atoms with Gasteiger partial charge < -0.3 is 5.32 Å². The molecule has 19 heavy (non-hydrogen) atoms. The van der Waals surface area contributed by atoms with E-state index in [-0.39, 0.29) is 5.91 Å². The molecule has 0 saturated carbocycles. The molecular formula is C16H16BrNO. The molecule has 2 rings (SSSR count). The van der Waals surface area contributed by atoms with Crippen LogP contribution < -0.4 is 5.32 Å². The first-order chi connectivity index (χ1) is 9.06. The molecule has 98 valence electrons. The van der Waals surface area contributed by atoms with Gasteiger partial charge in [-0.2, -0.15) is 0 Å². The van der Waals surface area contributed by atoms with Gasteiger partial charge in [-0.1, -0.05) is 34.1 Å². The lowest BCUT2D eigenvalue weighted by molar-refractivity contribution is 0.0951. The molecule has 0 aliphatic heterocycles. The molecule has 2 aromatic carbocycles. The van der Waals surface area contributed by atoms with Gasteiger partial charge in [-0.3, -0.25) is 4.79 Å². The maximum atomic E-state index is 12.0. The number of amides is 1. The van der Waals surface area contributed by atoms with Crippen molar-refractivity contribution in [1.29, 1.82) is 0 Å². The van der Waals surface area contributed by atoms with Crippen molar-refractivity contribution in [3.8, 4) is 0 Å². The SMILES string of the molecule is Cc1ccc(C(=O)NCc2cccc(Br)c2)cc1C. The number of rotatable bonds is 3. The molecule has 0 aliphatic carbocycles. The second-order valence-electron chi connectivity index (χ2n) is 4.61. The highest BCUT2D eigenvalue weighted by molar-refractivity contribution is 9.10. The third-order valence-electron chi connectivity index (χ3n) is 3.11. The summed E-state index contributed by atoms with van der Waals surface area (Å²) >= 11 is 3.42. The van der Waals surface area contributed by atoms with Crippen LogP contribution in [0.2, 0.25) is 0 Å². The number of hydrogen-bond acceptors (Lipinski definition) is 1. The number of carbonyl (C=O) groups excluding carboxylic acids is 1. The molecule has 0 fully saturated rings. The van der Waals surface area contributed by atoms with Gasteiger partial charge in [-0.25, -0.2) is 0 Å². The van der Waals surface area contributed by atoms with Crippen LogP contribution in [0, 0.1) is 13.8 Å². The van der Waals surface area contributed by atoms with Crippen LogP contribution in [0.15, 0.2) is 46.9 Å². The van der Waals surface area contributed by atoms with Gasteiger partial charge in [-0.15, -0.1) is 0 Å². The molecule has 0 saturated heterocycles. The summed E-state index contributed by atoms with van der Waals surface area (Å²) in [6.07, 6.45) is 0. The zero-order chi connectivity index (χ0) is 13.8. The van der Waals surface area contributed by atoms with Crippen molar-refractivity contribution >= 4 is 21.8 Å². The van der Waals surface area contributed by atoms with Crippen LogP contribution in [0.3, 0.4) is 0 Å². The standard InChI is InChI=1S/C16H16BrNO/c1-11-6-7-14(8-12(11)2)16(19)18-10-13-4-3-5-15(17)9-13/h3-9H,10H2,1-2H3,(H,18,19).